The van der Waals surface area contributed by atoms with Gasteiger partial charge in [-0.15, -0.1) is 0 Å². The second-order valence-corrected chi connectivity index (χ2v) is 4.66. The Morgan fingerprint density at radius 2 is 1.56 bits per heavy atom. The lowest BCUT2D eigenvalue weighted by Gasteiger charge is -2.19. The summed E-state index contributed by atoms with van der Waals surface area (Å²) in [6.45, 7) is 10.8. The van der Waals surface area contributed by atoms with Crippen molar-refractivity contribution in [1.29, 1.82) is 0 Å². The normalized spacial score (nSPS) is 13.6. The molecule has 0 aromatic heterocycles. The third-order valence-electron chi connectivity index (χ3n) is 3.01. The summed E-state index contributed by atoms with van der Waals surface area (Å²) in [5.74, 6) is 0. The molecule has 2 heteroatoms. The van der Waals surface area contributed by atoms with Crippen LogP contribution < -0.4 is 0 Å². The molecule has 0 aliphatic rings. The summed E-state index contributed by atoms with van der Waals surface area (Å²) in [6, 6.07) is 0. The van der Waals surface area contributed by atoms with Crippen LogP contribution in [-0.2, 0) is 0 Å². The van der Waals surface area contributed by atoms with Gasteiger partial charge in [0.2, 0.25) is 0 Å². The fourth-order valence-electron chi connectivity index (χ4n) is 1.46. The van der Waals surface area contributed by atoms with Crippen molar-refractivity contribution in [2.45, 2.75) is 27.2 Å². The molecule has 0 aliphatic heterocycles. The van der Waals surface area contributed by atoms with Crippen LogP contribution in [-0.4, -0.2) is 50.1 Å². The molecule has 2 nitrogen and oxygen atoms in total. The van der Waals surface area contributed by atoms with Crippen LogP contribution in [0, 0.1) is 0 Å². The van der Waals surface area contributed by atoms with Crippen LogP contribution in [0.15, 0.2) is 36.0 Å². The van der Waals surface area contributed by atoms with Crippen molar-refractivity contribution in [2.24, 2.45) is 0 Å². The van der Waals surface area contributed by atoms with Crippen LogP contribution in [0.5, 0.6) is 0 Å². The van der Waals surface area contributed by atoms with Gasteiger partial charge in [0, 0.05) is 19.6 Å². The second-order valence-electron chi connectivity index (χ2n) is 4.66. The number of allylic oxidation sites excluding steroid dienone is 5. The maximum absolute atomic E-state index is 2.35. The van der Waals surface area contributed by atoms with Gasteiger partial charge in [0.05, 0.1) is 0 Å². The molecule has 18 heavy (non-hydrogen) atoms. The van der Waals surface area contributed by atoms with E-state index in [4.69, 9.17) is 0 Å². The van der Waals surface area contributed by atoms with Crippen LogP contribution in [0.1, 0.15) is 27.2 Å². The summed E-state index contributed by atoms with van der Waals surface area (Å²) >= 11 is 0. The molecule has 0 aromatic rings. The van der Waals surface area contributed by atoms with Crippen molar-refractivity contribution >= 4 is 0 Å². The summed E-state index contributed by atoms with van der Waals surface area (Å²) in [5, 5.41) is 0. The van der Waals surface area contributed by atoms with Gasteiger partial charge in [-0.2, -0.15) is 0 Å². The van der Waals surface area contributed by atoms with Crippen LogP contribution in [0.4, 0.5) is 0 Å². The molecule has 0 fully saturated rings. The molecule has 0 amide bonds. The van der Waals surface area contributed by atoms with Crippen LogP contribution in [0.25, 0.3) is 0 Å². The molecule has 0 saturated heterocycles. The molecule has 0 radical (unpaired) electrons. The van der Waals surface area contributed by atoms with Gasteiger partial charge >= 0.3 is 0 Å². The van der Waals surface area contributed by atoms with Crippen LogP contribution in [0.2, 0.25) is 0 Å². The zero-order chi connectivity index (χ0) is 13.8. The van der Waals surface area contributed by atoms with Crippen molar-refractivity contribution < 1.29 is 0 Å². The van der Waals surface area contributed by atoms with E-state index in [2.05, 4.69) is 75.0 Å². The van der Waals surface area contributed by atoms with Gasteiger partial charge in [0.1, 0.15) is 0 Å². The molecule has 0 saturated carbocycles. The topological polar surface area (TPSA) is 6.48 Å². The molecule has 0 rings (SSSR count). The third kappa shape index (κ3) is 9.20. The zero-order valence-electron chi connectivity index (χ0n) is 12.8. The predicted octanol–water partition coefficient (Wildman–Crippen LogP) is 3.34. The van der Waals surface area contributed by atoms with E-state index in [1.807, 2.05) is 0 Å². The quantitative estimate of drug-likeness (QED) is 0.579. The molecular formula is C16H30N2. The van der Waals surface area contributed by atoms with Gasteiger partial charge in [-0.3, -0.25) is 0 Å². The van der Waals surface area contributed by atoms with E-state index in [9.17, 15) is 0 Å². The first-order chi connectivity index (χ1) is 8.63. The van der Waals surface area contributed by atoms with Crippen LogP contribution in [0.3, 0.4) is 0 Å². The second kappa shape index (κ2) is 11.2. The van der Waals surface area contributed by atoms with E-state index in [1.54, 1.807) is 0 Å². The number of hydrogen-bond acceptors (Lipinski definition) is 2. The average Bonchev–Trinajstić information content (AvgIpc) is 2.39. The molecule has 0 aromatic carbocycles. The minimum atomic E-state index is 1.01. The molecule has 104 valence electrons. The third-order valence-corrected chi connectivity index (χ3v) is 3.01. The van der Waals surface area contributed by atoms with Gasteiger partial charge < -0.3 is 9.80 Å². The predicted molar refractivity (Wildman–Crippen MR) is 83.0 cm³/mol. The Labute approximate surface area is 114 Å². The Morgan fingerprint density at radius 1 is 0.944 bits per heavy atom. The highest BCUT2D eigenvalue weighted by Crippen LogP contribution is 2.00. The monoisotopic (exact) mass is 250 g/mol. The molecule has 0 atom stereocenters. The van der Waals surface area contributed by atoms with E-state index in [1.165, 1.54) is 5.57 Å². The summed E-state index contributed by atoms with van der Waals surface area (Å²) in [4.78, 5) is 4.68. The molecular weight excluding hydrogens is 220 g/mol. The molecule has 0 unspecified atom stereocenters. The molecule has 0 spiro atoms. The highest BCUT2D eigenvalue weighted by atomic mass is 15.2. The Hall–Kier alpha value is -0.860. The first-order valence-corrected chi connectivity index (χ1v) is 7.00. The fraction of sp³-hybridized carbons (Fsp3) is 0.625. The Morgan fingerprint density at radius 3 is 2.11 bits per heavy atom. The smallest absolute Gasteiger partial charge is 0.0163 e. The number of rotatable bonds is 9. The van der Waals surface area contributed by atoms with E-state index in [0.717, 1.165) is 32.6 Å². The summed E-state index contributed by atoms with van der Waals surface area (Å²) in [7, 11) is 4.34. The van der Waals surface area contributed by atoms with E-state index in [0.29, 0.717) is 0 Å². The van der Waals surface area contributed by atoms with Gasteiger partial charge in [-0.1, -0.05) is 44.2 Å². The highest BCUT2D eigenvalue weighted by Gasteiger charge is 1.98. The fourth-order valence-corrected chi connectivity index (χ4v) is 1.46. The number of nitrogens with zero attached hydrogens (tertiary/aromatic N) is 2. The molecule has 0 aliphatic carbocycles. The lowest BCUT2D eigenvalue weighted by atomic mass is 10.2. The van der Waals surface area contributed by atoms with Gasteiger partial charge in [-0.25, -0.2) is 0 Å². The van der Waals surface area contributed by atoms with Crippen molar-refractivity contribution in [3.05, 3.63) is 36.0 Å². The Kier molecular flexibility index (Phi) is 10.7. The number of hydrogen-bond donors (Lipinski definition) is 0. The van der Waals surface area contributed by atoms with Crippen molar-refractivity contribution in [3.8, 4) is 0 Å². The average molecular weight is 250 g/mol. The summed E-state index contributed by atoms with van der Waals surface area (Å²) in [6.07, 6.45) is 12.1. The molecule has 0 N–H and O–H groups in total. The van der Waals surface area contributed by atoms with Crippen molar-refractivity contribution in [2.75, 3.05) is 40.3 Å². The molecule has 0 bridgehead atoms. The summed E-state index contributed by atoms with van der Waals surface area (Å²) < 4.78 is 0. The molecule has 0 heterocycles. The van der Waals surface area contributed by atoms with Crippen molar-refractivity contribution in [1.82, 2.24) is 9.80 Å². The largest absolute Gasteiger partial charge is 0.305 e. The van der Waals surface area contributed by atoms with E-state index < -0.39 is 0 Å². The first-order valence-electron chi connectivity index (χ1n) is 7.00. The van der Waals surface area contributed by atoms with Crippen LogP contribution >= 0.6 is 0 Å². The SMILES string of the molecule is C/C=C(\C=C/CC)/C=C/CN(C)CCN(C)CC. The van der Waals surface area contributed by atoms with E-state index in [-0.39, 0.29) is 0 Å². The highest BCUT2D eigenvalue weighted by molar-refractivity contribution is 5.29. The van der Waals surface area contributed by atoms with E-state index >= 15 is 0 Å². The van der Waals surface area contributed by atoms with Gasteiger partial charge in [0.25, 0.3) is 0 Å². The van der Waals surface area contributed by atoms with Crippen molar-refractivity contribution in [3.63, 3.8) is 0 Å². The maximum Gasteiger partial charge on any atom is 0.0163 e. The van der Waals surface area contributed by atoms with Gasteiger partial charge in [0.15, 0.2) is 0 Å². The number of likely N-dealkylation sites (N-methyl/N-ethyl adjacent to an activating group) is 2. The standard InChI is InChI=1S/C16H30N2/c1-6-9-11-16(7-2)12-10-13-18(5)15-14-17(4)8-3/h7,9-12H,6,8,13-15H2,1-5H3/b11-9-,12-10+,16-7+. The zero-order valence-corrected chi connectivity index (χ0v) is 12.8. The Bertz CT molecular complexity index is 277. The maximum atomic E-state index is 2.35. The lowest BCUT2D eigenvalue weighted by Crippen LogP contribution is -2.30. The summed E-state index contributed by atoms with van der Waals surface area (Å²) in [5.41, 5.74) is 1.29. The van der Waals surface area contributed by atoms with Gasteiger partial charge in [-0.05, 0) is 39.6 Å². The first kappa shape index (κ1) is 17.1. The lowest BCUT2D eigenvalue weighted by molar-refractivity contribution is 0.278. The minimum Gasteiger partial charge on any atom is -0.305 e. The Balaban J connectivity index is 3.95. The minimum absolute atomic E-state index is 1.01.